The topological polar surface area (TPSA) is 76.5 Å². The molecule has 0 aromatic carbocycles. The quantitative estimate of drug-likeness (QED) is 0.872. The Balaban J connectivity index is 1.50. The average Bonchev–Trinajstić information content (AvgIpc) is 3.27. The van der Waals surface area contributed by atoms with Crippen molar-refractivity contribution >= 4 is 11.8 Å². The zero-order chi connectivity index (χ0) is 19.0. The van der Waals surface area contributed by atoms with E-state index in [0.29, 0.717) is 18.8 Å². The second-order valence-corrected chi connectivity index (χ2v) is 8.37. The van der Waals surface area contributed by atoms with Crippen LogP contribution in [-0.4, -0.2) is 57.8 Å². The Morgan fingerprint density at radius 3 is 2.70 bits per heavy atom. The van der Waals surface area contributed by atoms with Crippen molar-refractivity contribution in [3.8, 4) is 0 Å². The predicted molar refractivity (Wildman–Crippen MR) is 101 cm³/mol. The van der Waals surface area contributed by atoms with Crippen LogP contribution in [-0.2, 0) is 29.4 Å². The average molecular weight is 374 g/mol. The monoisotopic (exact) mass is 374 g/mol. The number of carbonyl (C=O) groups is 2. The summed E-state index contributed by atoms with van der Waals surface area (Å²) in [5.41, 5.74) is 1.85. The van der Waals surface area contributed by atoms with Crippen LogP contribution in [0.4, 0.5) is 0 Å². The highest BCUT2D eigenvalue weighted by atomic mass is 16.5. The van der Waals surface area contributed by atoms with E-state index in [4.69, 9.17) is 4.74 Å². The first-order valence-corrected chi connectivity index (χ1v) is 10.3. The minimum atomic E-state index is -0.991. The van der Waals surface area contributed by atoms with Crippen molar-refractivity contribution in [1.82, 2.24) is 20.0 Å². The molecule has 1 aromatic rings. The first kappa shape index (κ1) is 18.5. The Labute approximate surface area is 160 Å². The molecule has 1 saturated carbocycles. The molecule has 7 heteroatoms. The molecule has 2 heterocycles. The highest BCUT2D eigenvalue weighted by Crippen LogP contribution is 2.27. The van der Waals surface area contributed by atoms with Gasteiger partial charge in [-0.2, -0.15) is 5.10 Å². The molecule has 3 aliphatic rings. The van der Waals surface area contributed by atoms with Crippen LogP contribution in [0.2, 0.25) is 0 Å². The summed E-state index contributed by atoms with van der Waals surface area (Å²) in [5, 5.41) is 7.69. The second kappa shape index (κ2) is 7.26. The smallest absolute Gasteiger partial charge is 0.272 e. The molecule has 27 heavy (non-hydrogen) atoms. The van der Waals surface area contributed by atoms with Crippen molar-refractivity contribution in [2.75, 3.05) is 19.7 Å². The van der Waals surface area contributed by atoms with E-state index in [-0.39, 0.29) is 24.4 Å². The molecule has 1 unspecified atom stereocenters. The maximum atomic E-state index is 13.3. The number of hydrogen-bond donors (Lipinski definition) is 1. The van der Waals surface area contributed by atoms with Gasteiger partial charge in [0.05, 0.1) is 18.8 Å². The van der Waals surface area contributed by atoms with Gasteiger partial charge in [-0.1, -0.05) is 12.8 Å². The lowest BCUT2D eigenvalue weighted by atomic mass is 9.95. The Bertz CT molecular complexity index is 738. The van der Waals surface area contributed by atoms with E-state index in [9.17, 15) is 9.59 Å². The van der Waals surface area contributed by atoms with Crippen LogP contribution in [0.1, 0.15) is 67.2 Å². The van der Waals surface area contributed by atoms with Gasteiger partial charge in [0.2, 0.25) is 0 Å². The van der Waals surface area contributed by atoms with Gasteiger partial charge in [0.25, 0.3) is 11.8 Å². The molecule has 0 spiro atoms. The zero-order valence-corrected chi connectivity index (χ0v) is 16.4. The minimum absolute atomic E-state index is 0.0312. The van der Waals surface area contributed by atoms with Gasteiger partial charge < -0.3 is 15.0 Å². The molecule has 148 valence electrons. The van der Waals surface area contributed by atoms with Crippen molar-refractivity contribution in [3.63, 3.8) is 0 Å². The summed E-state index contributed by atoms with van der Waals surface area (Å²) in [6.07, 6.45) is 8.49. The van der Waals surface area contributed by atoms with Gasteiger partial charge in [0.1, 0.15) is 5.69 Å². The van der Waals surface area contributed by atoms with Crippen molar-refractivity contribution in [2.24, 2.45) is 7.05 Å². The molecule has 2 aliphatic carbocycles. The van der Waals surface area contributed by atoms with Gasteiger partial charge in [-0.3, -0.25) is 14.3 Å². The predicted octanol–water partition coefficient (Wildman–Crippen LogP) is 1.59. The Kier molecular flexibility index (Phi) is 4.97. The Morgan fingerprint density at radius 1 is 1.19 bits per heavy atom. The van der Waals surface area contributed by atoms with Crippen molar-refractivity contribution in [1.29, 1.82) is 0 Å². The molecule has 0 radical (unpaired) electrons. The molecular formula is C20H30N4O3. The number of fused-ring (bicyclic) bond motifs is 1. The fourth-order valence-electron chi connectivity index (χ4n) is 4.69. The van der Waals surface area contributed by atoms with Crippen LogP contribution < -0.4 is 5.32 Å². The van der Waals surface area contributed by atoms with Crippen LogP contribution >= 0.6 is 0 Å². The van der Waals surface area contributed by atoms with Gasteiger partial charge in [0, 0.05) is 25.2 Å². The molecule has 2 amide bonds. The number of morpholine rings is 1. The van der Waals surface area contributed by atoms with E-state index in [1.165, 1.54) is 12.8 Å². The molecule has 7 nitrogen and oxygen atoms in total. The van der Waals surface area contributed by atoms with E-state index in [2.05, 4.69) is 10.4 Å². The number of aryl methyl sites for hydroxylation is 2. The van der Waals surface area contributed by atoms with E-state index >= 15 is 0 Å². The van der Waals surface area contributed by atoms with Crippen molar-refractivity contribution in [2.45, 2.75) is 69.9 Å². The maximum Gasteiger partial charge on any atom is 0.272 e. The number of rotatable bonds is 3. The first-order valence-electron chi connectivity index (χ1n) is 10.3. The van der Waals surface area contributed by atoms with Crippen LogP contribution in [0.25, 0.3) is 0 Å². The first-order chi connectivity index (χ1) is 13.0. The largest absolute Gasteiger partial charge is 0.362 e. The summed E-state index contributed by atoms with van der Waals surface area (Å²) in [6.45, 7) is 2.96. The molecule has 4 rings (SSSR count). The third kappa shape index (κ3) is 3.49. The van der Waals surface area contributed by atoms with E-state index in [0.717, 1.165) is 49.8 Å². The van der Waals surface area contributed by atoms with Gasteiger partial charge in [0.15, 0.2) is 5.60 Å². The lowest BCUT2D eigenvalue weighted by molar-refractivity contribution is -0.154. The van der Waals surface area contributed by atoms with Crippen LogP contribution in [0, 0.1) is 0 Å². The third-order valence-corrected chi connectivity index (χ3v) is 6.25. The lowest BCUT2D eigenvalue weighted by Crippen LogP contribution is -2.60. The van der Waals surface area contributed by atoms with Crippen LogP contribution in [0.15, 0.2) is 0 Å². The van der Waals surface area contributed by atoms with E-state index in [1.54, 1.807) is 16.5 Å². The number of ether oxygens (including phenoxy) is 1. The van der Waals surface area contributed by atoms with Gasteiger partial charge in [-0.05, 0) is 45.4 Å². The number of hydrogen-bond acceptors (Lipinski definition) is 4. The number of nitrogens with zero attached hydrogens (tertiary/aromatic N) is 3. The molecule has 1 atom stereocenters. The molecule has 1 N–H and O–H groups in total. The molecule has 2 fully saturated rings. The second-order valence-electron chi connectivity index (χ2n) is 8.37. The summed E-state index contributed by atoms with van der Waals surface area (Å²) in [5.74, 6) is -0.129. The fourth-order valence-corrected chi connectivity index (χ4v) is 4.69. The summed E-state index contributed by atoms with van der Waals surface area (Å²) in [4.78, 5) is 27.9. The summed E-state index contributed by atoms with van der Waals surface area (Å²) in [7, 11) is 1.85. The minimum Gasteiger partial charge on any atom is -0.362 e. The number of amides is 2. The number of aromatic nitrogens is 2. The SMILES string of the molecule is Cn1nc2c(c1C(=O)N1CCOC(C)(C(=O)NC3CCCC3)C1)CCCC2. The Morgan fingerprint density at radius 2 is 1.93 bits per heavy atom. The van der Waals surface area contributed by atoms with Crippen molar-refractivity contribution in [3.05, 3.63) is 17.0 Å². The summed E-state index contributed by atoms with van der Waals surface area (Å²) in [6, 6.07) is 0.244. The van der Waals surface area contributed by atoms with Crippen LogP contribution in [0.5, 0.6) is 0 Å². The number of nitrogens with one attached hydrogen (secondary N) is 1. The molecule has 0 bridgehead atoms. The summed E-state index contributed by atoms with van der Waals surface area (Å²) >= 11 is 0. The third-order valence-electron chi connectivity index (χ3n) is 6.25. The zero-order valence-electron chi connectivity index (χ0n) is 16.4. The standard InChI is InChI=1S/C20H30N4O3/c1-20(19(26)21-14-7-3-4-8-14)13-24(11-12-27-20)18(25)17-15-9-5-6-10-16(15)22-23(17)2/h14H,3-13H2,1-2H3,(H,21,26). The van der Waals surface area contributed by atoms with Gasteiger partial charge >= 0.3 is 0 Å². The summed E-state index contributed by atoms with van der Waals surface area (Å²) < 4.78 is 7.58. The molecule has 1 saturated heterocycles. The van der Waals surface area contributed by atoms with Gasteiger partial charge in [-0.15, -0.1) is 0 Å². The molecule has 1 aliphatic heterocycles. The molecular weight excluding hydrogens is 344 g/mol. The normalized spacial score (nSPS) is 26.1. The lowest BCUT2D eigenvalue weighted by Gasteiger charge is -2.39. The Hall–Kier alpha value is -1.89. The van der Waals surface area contributed by atoms with E-state index in [1.807, 2.05) is 7.05 Å². The van der Waals surface area contributed by atoms with E-state index < -0.39 is 5.60 Å². The number of carbonyl (C=O) groups excluding carboxylic acids is 2. The van der Waals surface area contributed by atoms with Gasteiger partial charge in [-0.25, -0.2) is 0 Å². The highest BCUT2D eigenvalue weighted by molar-refractivity contribution is 5.95. The fraction of sp³-hybridized carbons (Fsp3) is 0.750. The molecule has 1 aromatic heterocycles. The van der Waals surface area contributed by atoms with Crippen LogP contribution in [0.3, 0.4) is 0 Å². The highest BCUT2D eigenvalue weighted by Gasteiger charge is 2.42. The van der Waals surface area contributed by atoms with Crippen molar-refractivity contribution < 1.29 is 14.3 Å². The maximum absolute atomic E-state index is 13.3.